The molecule has 0 saturated heterocycles. The van der Waals surface area contributed by atoms with Gasteiger partial charge in [0, 0.05) is 12.1 Å². The number of anilines is 1. The minimum Gasteiger partial charge on any atom is -0.326 e. The molecule has 90 valence electrons. The average molecular weight is 231 g/mol. The first-order chi connectivity index (χ1) is 8.26. The first-order valence-electron chi connectivity index (χ1n) is 5.66. The number of benzene rings is 1. The fraction of sp³-hybridized carbons (Fsp3) is 0.385. The molecule has 1 aromatic carbocycles. The Labute approximate surface area is 102 Å². The standard InChI is InChI=1S/C13H17N3O/c1-15-10-2-3-13(17)16-12-6-4-11(5-7-12)8-9-14/h4-7,15H,2-3,8,10H2,1H3,(H,16,17). The summed E-state index contributed by atoms with van der Waals surface area (Å²) in [5, 5.41) is 14.3. The molecule has 0 atom stereocenters. The SMILES string of the molecule is CNCCCC(=O)Nc1ccc(CC#N)cc1. The number of hydrogen-bond acceptors (Lipinski definition) is 3. The van der Waals surface area contributed by atoms with Gasteiger partial charge in [-0.15, -0.1) is 0 Å². The summed E-state index contributed by atoms with van der Waals surface area (Å²) in [4.78, 5) is 11.5. The van der Waals surface area contributed by atoms with Gasteiger partial charge in [-0.05, 0) is 37.7 Å². The van der Waals surface area contributed by atoms with Crippen LogP contribution in [0.15, 0.2) is 24.3 Å². The maximum absolute atomic E-state index is 11.5. The minimum absolute atomic E-state index is 0.0216. The molecule has 2 N–H and O–H groups in total. The number of carbonyl (C=O) groups is 1. The second-order valence-electron chi connectivity index (χ2n) is 3.79. The van der Waals surface area contributed by atoms with E-state index in [0.29, 0.717) is 12.8 Å². The van der Waals surface area contributed by atoms with Gasteiger partial charge >= 0.3 is 0 Å². The average Bonchev–Trinajstić information content (AvgIpc) is 2.32. The number of nitrogens with one attached hydrogen (secondary N) is 2. The molecular formula is C13H17N3O. The minimum atomic E-state index is 0.0216. The van der Waals surface area contributed by atoms with Crippen molar-refractivity contribution in [2.45, 2.75) is 19.3 Å². The Morgan fingerprint density at radius 1 is 1.35 bits per heavy atom. The van der Waals surface area contributed by atoms with Crippen molar-refractivity contribution in [3.8, 4) is 6.07 Å². The number of amides is 1. The molecule has 0 saturated carbocycles. The fourth-order valence-corrected chi connectivity index (χ4v) is 1.45. The third kappa shape index (κ3) is 5.14. The van der Waals surface area contributed by atoms with E-state index in [0.717, 1.165) is 24.2 Å². The normalized spacial score (nSPS) is 9.65. The van der Waals surface area contributed by atoms with Crippen molar-refractivity contribution >= 4 is 11.6 Å². The Kier molecular flexibility index (Phi) is 5.76. The van der Waals surface area contributed by atoms with Gasteiger partial charge < -0.3 is 10.6 Å². The summed E-state index contributed by atoms with van der Waals surface area (Å²) in [7, 11) is 1.87. The van der Waals surface area contributed by atoms with Gasteiger partial charge in [-0.1, -0.05) is 12.1 Å². The molecular weight excluding hydrogens is 214 g/mol. The molecule has 0 bridgehead atoms. The van der Waals surface area contributed by atoms with E-state index in [4.69, 9.17) is 5.26 Å². The summed E-state index contributed by atoms with van der Waals surface area (Å²) < 4.78 is 0. The zero-order valence-electron chi connectivity index (χ0n) is 9.99. The van der Waals surface area contributed by atoms with Crippen LogP contribution < -0.4 is 10.6 Å². The molecule has 4 heteroatoms. The van der Waals surface area contributed by atoms with Crippen LogP contribution in [0.5, 0.6) is 0 Å². The van der Waals surface area contributed by atoms with Crippen molar-refractivity contribution in [1.29, 1.82) is 5.26 Å². The van der Waals surface area contributed by atoms with Crippen molar-refractivity contribution in [1.82, 2.24) is 5.32 Å². The highest BCUT2D eigenvalue weighted by Gasteiger charge is 2.01. The first kappa shape index (κ1) is 13.2. The zero-order valence-corrected chi connectivity index (χ0v) is 9.99. The maximum atomic E-state index is 11.5. The van der Waals surface area contributed by atoms with E-state index < -0.39 is 0 Å². The molecule has 4 nitrogen and oxygen atoms in total. The Morgan fingerprint density at radius 3 is 2.65 bits per heavy atom. The van der Waals surface area contributed by atoms with Crippen LogP contribution in [0.1, 0.15) is 18.4 Å². The summed E-state index contributed by atoms with van der Waals surface area (Å²) >= 11 is 0. The van der Waals surface area contributed by atoms with Crippen LogP contribution in [0, 0.1) is 11.3 Å². The quantitative estimate of drug-likeness (QED) is 0.732. The van der Waals surface area contributed by atoms with Crippen molar-refractivity contribution in [3.63, 3.8) is 0 Å². The van der Waals surface area contributed by atoms with Crippen LogP contribution in [0.2, 0.25) is 0 Å². The lowest BCUT2D eigenvalue weighted by molar-refractivity contribution is -0.116. The molecule has 0 radical (unpaired) electrons. The molecule has 0 aromatic heterocycles. The molecule has 1 rings (SSSR count). The predicted octanol–water partition coefficient (Wildman–Crippen LogP) is 1.69. The topological polar surface area (TPSA) is 64.9 Å². The van der Waals surface area contributed by atoms with E-state index in [1.807, 2.05) is 31.3 Å². The van der Waals surface area contributed by atoms with E-state index in [1.54, 1.807) is 0 Å². The summed E-state index contributed by atoms with van der Waals surface area (Å²) in [5.41, 5.74) is 1.74. The number of nitrogens with zero attached hydrogens (tertiary/aromatic N) is 1. The third-order valence-electron chi connectivity index (χ3n) is 2.35. The van der Waals surface area contributed by atoms with Gasteiger partial charge in [0.05, 0.1) is 12.5 Å². The van der Waals surface area contributed by atoms with E-state index in [2.05, 4.69) is 16.7 Å². The van der Waals surface area contributed by atoms with Gasteiger partial charge in [-0.25, -0.2) is 0 Å². The van der Waals surface area contributed by atoms with Crippen LogP contribution in [-0.2, 0) is 11.2 Å². The third-order valence-corrected chi connectivity index (χ3v) is 2.35. The van der Waals surface area contributed by atoms with Crippen LogP contribution in [0.25, 0.3) is 0 Å². The van der Waals surface area contributed by atoms with Crippen molar-refractivity contribution in [2.24, 2.45) is 0 Å². The lowest BCUT2D eigenvalue weighted by Crippen LogP contribution is -2.15. The van der Waals surface area contributed by atoms with Crippen molar-refractivity contribution in [2.75, 3.05) is 18.9 Å². The van der Waals surface area contributed by atoms with Crippen LogP contribution in [0.3, 0.4) is 0 Å². The zero-order chi connectivity index (χ0) is 12.5. The smallest absolute Gasteiger partial charge is 0.224 e. The van der Waals surface area contributed by atoms with Crippen LogP contribution >= 0.6 is 0 Å². The molecule has 0 aliphatic rings. The van der Waals surface area contributed by atoms with E-state index in [9.17, 15) is 4.79 Å². The molecule has 17 heavy (non-hydrogen) atoms. The summed E-state index contributed by atoms with van der Waals surface area (Å²) in [6.45, 7) is 0.842. The van der Waals surface area contributed by atoms with Gasteiger partial charge in [0.2, 0.25) is 5.91 Å². The molecule has 0 aliphatic heterocycles. The van der Waals surface area contributed by atoms with E-state index >= 15 is 0 Å². The summed E-state index contributed by atoms with van der Waals surface area (Å²) in [5.74, 6) is 0.0216. The fourth-order valence-electron chi connectivity index (χ4n) is 1.45. The van der Waals surface area contributed by atoms with Crippen molar-refractivity contribution in [3.05, 3.63) is 29.8 Å². The lowest BCUT2D eigenvalue weighted by Gasteiger charge is -2.05. The molecule has 0 spiro atoms. The van der Waals surface area contributed by atoms with Gasteiger partial charge in [0.25, 0.3) is 0 Å². The molecule has 1 aromatic rings. The van der Waals surface area contributed by atoms with Gasteiger partial charge in [-0.2, -0.15) is 5.26 Å². The van der Waals surface area contributed by atoms with E-state index in [-0.39, 0.29) is 5.91 Å². The van der Waals surface area contributed by atoms with Gasteiger partial charge in [-0.3, -0.25) is 4.79 Å². The largest absolute Gasteiger partial charge is 0.326 e. The first-order valence-corrected chi connectivity index (χ1v) is 5.66. The lowest BCUT2D eigenvalue weighted by atomic mass is 10.1. The summed E-state index contributed by atoms with van der Waals surface area (Å²) in [6.07, 6.45) is 1.74. The van der Waals surface area contributed by atoms with Gasteiger partial charge in [0.15, 0.2) is 0 Å². The Bertz CT molecular complexity index is 392. The second-order valence-corrected chi connectivity index (χ2v) is 3.79. The molecule has 0 heterocycles. The highest BCUT2D eigenvalue weighted by molar-refractivity contribution is 5.90. The van der Waals surface area contributed by atoms with Crippen molar-refractivity contribution < 1.29 is 4.79 Å². The van der Waals surface area contributed by atoms with Gasteiger partial charge in [0.1, 0.15) is 0 Å². The Morgan fingerprint density at radius 2 is 2.06 bits per heavy atom. The number of rotatable bonds is 6. The molecule has 0 fully saturated rings. The van der Waals surface area contributed by atoms with Crippen LogP contribution in [0.4, 0.5) is 5.69 Å². The summed E-state index contributed by atoms with van der Waals surface area (Å²) in [6, 6.07) is 9.44. The second kappa shape index (κ2) is 7.42. The molecule has 1 amide bonds. The number of hydrogen-bond donors (Lipinski definition) is 2. The Balaban J connectivity index is 2.41. The Hall–Kier alpha value is -1.86. The molecule has 0 aliphatic carbocycles. The molecule has 0 unspecified atom stereocenters. The highest BCUT2D eigenvalue weighted by atomic mass is 16.1. The monoisotopic (exact) mass is 231 g/mol. The van der Waals surface area contributed by atoms with Crippen LogP contribution in [-0.4, -0.2) is 19.5 Å². The number of carbonyl (C=O) groups excluding carboxylic acids is 1. The number of nitriles is 1. The van der Waals surface area contributed by atoms with E-state index in [1.165, 1.54) is 0 Å². The predicted molar refractivity (Wildman–Crippen MR) is 67.5 cm³/mol. The highest BCUT2D eigenvalue weighted by Crippen LogP contribution is 2.10. The maximum Gasteiger partial charge on any atom is 0.224 e.